The lowest BCUT2D eigenvalue weighted by molar-refractivity contribution is 0.276. The standard InChI is InChI=1S/C9H8Br2N2O/c1-5-7(10)3-13-6(4-14)2-12-9(13)8(5)11/h2-3,14H,4H2,1H3. The normalized spacial score (nSPS) is 11.1. The molecule has 0 amide bonds. The number of aliphatic hydroxyl groups is 1. The maximum absolute atomic E-state index is 9.08. The lowest BCUT2D eigenvalue weighted by Gasteiger charge is -2.05. The summed E-state index contributed by atoms with van der Waals surface area (Å²) in [7, 11) is 0. The highest BCUT2D eigenvalue weighted by Crippen LogP contribution is 2.28. The highest BCUT2D eigenvalue weighted by molar-refractivity contribution is 9.11. The predicted molar refractivity (Wildman–Crippen MR) is 61.3 cm³/mol. The fourth-order valence-electron chi connectivity index (χ4n) is 1.30. The third-order valence-electron chi connectivity index (χ3n) is 2.16. The zero-order chi connectivity index (χ0) is 10.3. The lowest BCUT2D eigenvalue weighted by Crippen LogP contribution is -1.94. The monoisotopic (exact) mass is 318 g/mol. The van der Waals surface area contributed by atoms with Gasteiger partial charge in [-0.2, -0.15) is 0 Å². The zero-order valence-electron chi connectivity index (χ0n) is 7.46. The van der Waals surface area contributed by atoms with Crippen molar-refractivity contribution >= 4 is 37.5 Å². The Kier molecular flexibility index (Phi) is 2.64. The molecule has 14 heavy (non-hydrogen) atoms. The van der Waals surface area contributed by atoms with Crippen LogP contribution in [0.1, 0.15) is 11.3 Å². The first-order valence-electron chi connectivity index (χ1n) is 4.06. The largest absolute Gasteiger partial charge is 0.390 e. The Labute approximate surface area is 98.0 Å². The Bertz CT molecular complexity index is 493. The predicted octanol–water partition coefficient (Wildman–Crippen LogP) is 2.66. The molecule has 5 heteroatoms. The van der Waals surface area contributed by atoms with Gasteiger partial charge in [-0.15, -0.1) is 0 Å². The second-order valence-electron chi connectivity index (χ2n) is 3.02. The van der Waals surface area contributed by atoms with E-state index in [4.69, 9.17) is 5.11 Å². The average Bonchev–Trinajstić information content (AvgIpc) is 2.57. The zero-order valence-corrected chi connectivity index (χ0v) is 10.6. The van der Waals surface area contributed by atoms with Crippen molar-refractivity contribution in [1.29, 1.82) is 0 Å². The molecule has 0 aromatic carbocycles. The molecule has 0 aliphatic rings. The van der Waals surface area contributed by atoms with Crippen LogP contribution >= 0.6 is 31.9 Å². The number of aliphatic hydroxyl groups excluding tert-OH is 1. The first kappa shape index (κ1) is 10.1. The van der Waals surface area contributed by atoms with Gasteiger partial charge in [-0.25, -0.2) is 4.98 Å². The number of rotatable bonds is 1. The van der Waals surface area contributed by atoms with Gasteiger partial charge in [-0.3, -0.25) is 4.40 Å². The van der Waals surface area contributed by atoms with E-state index < -0.39 is 0 Å². The molecule has 0 aliphatic heterocycles. The number of hydrogen-bond donors (Lipinski definition) is 1. The van der Waals surface area contributed by atoms with E-state index >= 15 is 0 Å². The van der Waals surface area contributed by atoms with Crippen LogP contribution in [0.2, 0.25) is 0 Å². The summed E-state index contributed by atoms with van der Waals surface area (Å²) in [5.74, 6) is 0. The summed E-state index contributed by atoms with van der Waals surface area (Å²) in [5, 5.41) is 9.08. The second-order valence-corrected chi connectivity index (χ2v) is 4.66. The van der Waals surface area contributed by atoms with Crippen LogP contribution in [-0.2, 0) is 6.61 Å². The van der Waals surface area contributed by atoms with Crippen molar-refractivity contribution < 1.29 is 5.11 Å². The quantitative estimate of drug-likeness (QED) is 0.877. The molecule has 0 unspecified atom stereocenters. The Morgan fingerprint density at radius 3 is 2.86 bits per heavy atom. The highest BCUT2D eigenvalue weighted by Gasteiger charge is 2.10. The number of aromatic nitrogens is 2. The number of hydrogen-bond acceptors (Lipinski definition) is 2. The van der Waals surface area contributed by atoms with E-state index in [0.717, 1.165) is 25.8 Å². The van der Waals surface area contributed by atoms with Gasteiger partial charge in [-0.05, 0) is 44.3 Å². The molecule has 0 saturated heterocycles. The average molecular weight is 320 g/mol. The van der Waals surface area contributed by atoms with Crippen LogP contribution in [0.4, 0.5) is 0 Å². The number of fused-ring (bicyclic) bond motifs is 1. The van der Waals surface area contributed by atoms with Gasteiger partial charge >= 0.3 is 0 Å². The summed E-state index contributed by atoms with van der Waals surface area (Å²) >= 11 is 6.93. The van der Waals surface area contributed by atoms with Crippen molar-refractivity contribution in [3.8, 4) is 0 Å². The summed E-state index contributed by atoms with van der Waals surface area (Å²) in [5.41, 5.74) is 2.71. The van der Waals surface area contributed by atoms with Gasteiger partial charge < -0.3 is 5.11 Å². The van der Waals surface area contributed by atoms with Gasteiger partial charge in [0.25, 0.3) is 0 Å². The Morgan fingerprint density at radius 2 is 2.21 bits per heavy atom. The molecule has 0 spiro atoms. The molecule has 2 aromatic heterocycles. The minimum Gasteiger partial charge on any atom is -0.390 e. The fourth-order valence-corrected chi connectivity index (χ4v) is 2.48. The second kappa shape index (κ2) is 3.64. The van der Waals surface area contributed by atoms with Crippen LogP contribution in [0.5, 0.6) is 0 Å². The molecule has 2 heterocycles. The molecule has 1 N–H and O–H groups in total. The molecule has 0 aliphatic carbocycles. The number of halogens is 2. The third kappa shape index (κ3) is 1.39. The first-order chi connectivity index (χ1) is 6.65. The summed E-state index contributed by atoms with van der Waals surface area (Å²) in [6, 6.07) is 0. The molecule has 0 radical (unpaired) electrons. The summed E-state index contributed by atoms with van der Waals surface area (Å²) in [6.45, 7) is 1.99. The molecule has 0 atom stereocenters. The maximum atomic E-state index is 9.08. The minimum absolute atomic E-state index is 0.0108. The van der Waals surface area contributed by atoms with E-state index in [9.17, 15) is 0 Å². The van der Waals surface area contributed by atoms with E-state index in [1.807, 2.05) is 17.5 Å². The molecule has 2 aromatic rings. The van der Waals surface area contributed by atoms with Crippen LogP contribution in [0.25, 0.3) is 5.65 Å². The van der Waals surface area contributed by atoms with E-state index in [0.29, 0.717) is 0 Å². The van der Waals surface area contributed by atoms with E-state index in [1.165, 1.54) is 0 Å². The van der Waals surface area contributed by atoms with Gasteiger partial charge in [0.2, 0.25) is 0 Å². The van der Waals surface area contributed by atoms with Crippen molar-refractivity contribution in [3.63, 3.8) is 0 Å². The minimum atomic E-state index is -0.0108. The van der Waals surface area contributed by atoms with Crippen molar-refractivity contribution in [3.05, 3.63) is 32.6 Å². The Morgan fingerprint density at radius 1 is 1.50 bits per heavy atom. The van der Waals surface area contributed by atoms with Crippen LogP contribution in [0.3, 0.4) is 0 Å². The molecule has 0 bridgehead atoms. The topological polar surface area (TPSA) is 37.5 Å². The van der Waals surface area contributed by atoms with Crippen molar-refractivity contribution in [1.82, 2.24) is 9.38 Å². The van der Waals surface area contributed by atoms with Crippen LogP contribution in [0.15, 0.2) is 21.3 Å². The molecule has 3 nitrogen and oxygen atoms in total. The number of pyridine rings is 1. The van der Waals surface area contributed by atoms with Crippen LogP contribution in [-0.4, -0.2) is 14.5 Å². The smallest absolute Gasteiger partial charge is 0.151 e. The van der Waals surface area contributed by atoms with Crippen LogP contribution < -0.4 is 0 Å². The summed E-state index contributed by atoms with van der Waals surface area (Å²) < 4.78 is 3.80. The van der Waals surface area contributed by atoms with Crippen molar-refractivity contribution in [2.45, 2.75) is 13.5 Å². The summed E-state index contributed by atoms with van der Waals surface area (Å²) in [6.07, 6.45) is 3.58. The van der Waals surface area contributed by atoms with Gasteiger partial charge in [-0.1, -0.05) is 0 Å². The molecule has 0 fully saturated rings. The SMILES string of the molecule is Cc1c(Br)cn2c(CO)cnc2c1Br. The van der Waals surface area contributed by atoms with E-state index in [1.54, 1.807) is 6.20 Å². The Hall–Kier alpha value is -0.390. The number of imidazole rings is 1. The van der Waals surface area contributed by atoms with Crippen molar-refractivity contribution in [2.75, 3.05) is 0 Å². The van der Waals surface area contributed by atoms with Gasteiger partial charge in [0.1, 0.15) is 0 Å². The third-order valence-corrected chi connectivity index (χ3v) is 3.91. The molecule has 2 rings (SSSR count). The molecular weight excluding hydrogens is 312 g/mol. The molecular formula is C9H8Br2N2O. The van der Waals surface area contributed by atoms with Crippen LogP contribution in [0, 0.1) is 6.92 Å². The lowest BCUT2D eigenvalue weighted by atomic mass is 10.3. The summed E-state index contributed by atoms with van der Waals surface area (Å²) in [4.78, 5) is 4.23. The molecule has 74 valence electrons. The number of nitrogens with zero attached hydrogens (tertiary/aromatic N) is 2. The Balaban J connectivity index is 2.86. The van der Waals surface area contributed by atoms with Gasteiger partial charge in [0.15, 0.2) is 5.65 Å². The van der Waals surface area contributed by atoms with Gasteiger partial charge in [0, 0.05) is 10.7 Å². The highest BCUT2D eigenvalue weighted by atomic mass is 79.9. The molecule has 0 saturated carbocycles. The fraction of sp³-hybridized carbons (Fsp3) is 0.222. The van der Waals surface area contributed by atoms with E-state index in [2.05, 4.69) is 36.8 Å². The van der Waals surface area contributed by atoms with E-state index in [-0.39, 0.29) is 6.61 Å². The first-order valence-corrected chi connectivity index (χ1v) is 5.65. The maximum Gasteiger partial charge on any atom is 0.151 e. The van der Waals surface area contributed by atoms with Gasteiger partial charge in [0.05, 0.1) is 23.0 Å². The van der Waals surface area contributed by atoms with Crippen molar-refractivity contribution in [2.24, 2.45) is 0 Å².